The van der Waals surface area contributed by atoms with Gasteiger partial charge in [-0.25, -0.2) is 0 Å². The number of methoxy groups -OCH3 is 4. The molecule has 33 heavy (non-hydrogen) atoms. The van der Waals surface area contributed by atoms with Crippen LogP contribution in [0.15, 0.2) is 71.6 Å². The molecule has 0 N–H and O–H groups in total. The first-order chi connectivity index (χ1) is 16.1. The quantitative estimate of drug-likeness (QED) is 0.429. The topological polar surface area (TPSA) is 57.2 Å². The van der Waals surface area contributed by atoms with E-state index in [0.717, 1.165) is 22.6 Å². The Labute approximate surface area is 197 Å². The van der Waals surface area contributed by atoms with E-state index in [0.29, 0.717) is 22.2 Å². The molecule has 1 fully saturated rings. The SMILES string of the molecule is COc1ccc(N2C(=O)/C(=C/c3cc(OC)c(OC)c(OC)c3)SC2c2ccccc2)cc1. The highest BCUT2D eigenvalue weighted by Gasteiger charge is 2.38. The number of rotatable bonds is 7. The number of anilines is 1. The zero-order chi connectivity index (χ0) is 23.4. The molecular weight excluding hydrogens is 438 g/mol. The maximum absolute atomic E-state index is 13.6. The fourth-order valence-electron chi connectivity index (χ4n) is 3.71. The highest BCUT2D eigenvalue weighted by molar-refractivity contribution is 8.05. The second-order valence-corrected chi connectivity index (χ2v) is 8.34. The van der Waals surface area contributed by atoms with E-state index in [-0.39, 0.29) is 11.3 Å². The molecule has 0 bridgehead atoms. The summed E-state index contributed by atoms with van der Waals surface area (Å²) in [6.07, 6.45) is 1.86. The standard InChI is InChI=1S/C26H25NO5S/c1-29-20-12-10-19(11-13-20)27-25(28)23(33-26(27)18-8-6-5-7-9-18)16-17-14-21(30-2)24(32-4)22(15-17)31-3/h5-16,26H,1-4H3/b23-16-. The van der Waals surface area contributed by atoms with Gasteiger partial charge in [0.1, 0.15) is 11.1 Å². The zero-order valence-corrected chi connectivity index (χ0v) is 19.7. The fourth-order valence-corrected chi connectivity index (χ4v) is 4.97. The van der Waals surface area contributed by atoms with E-state index in [1.54, 1.807) is 28.4 Å². The van der Waals surface area contributed by atoms with Crippen molar-refractivity contribution in [3.8, 4) is 23.0 Å². The van der Waals surface area contributed by atoms with Crippen molar-refractivity contribution in [1.82, 2.24) is 0 Å². The number of ether oxygens (including phenoxy) is 4. The predicted molar refractivity (Wildman–Crippen MR) is 131 cm³/mol. The monoisotopic (exact) mass is 463 g/mol. The van der Waals surface area contributed by atoms with Gasteiger partial charge >= 0.3 is 0 Å². The first-order valence-electron chi connectivity index (χ1n) is 10.3. The van der Waals surface area contributed by atoms with Crippen molar-refractivity contribution in [1.29, 1.82) is 0 Å². The number of nitrogens with zero attached hydrogens (tertiary/aromatic N) is 1. The van der Waals surface area contributed by atoms with Gasteiger partial charge in [0.25, 0.3) is 5.91 Å². The summed E-state index contributed by atoms with van der Waals surface area (Å²) in [4.78, 5) is 16.0. The molecule has 1 atom stereocenters. The van der Waals surface area contributed by atoms with Gasteiger partial charge in [0.05, 0.1) is 33.3 Å². The lowest BCUT2D eigenvalue weighted by atomic mass is 10.1. The highest BCUT2D eigenvalue weighted by atomic mass is 32.2. The summed E-state index contributed by atoms with van der Waals surface area (Å²) < 4.78 is 21.6. The lowest BCUT2D eigenvalue weighted by molar-refractivity contribution is -0.114. The van der Waals surface area contributed by atoms with E-state index in [9.17, 15) is 4.79 Å². The van der Waals surface area contributed by atoms with Crippen LogP contribution in [-0.4, -0.2) is 34.3 Å². The van der Waals surface area contributed by atoms with Gasteiger partial charge < -0.3 is 18.9 Å². The van der Waals surface area contributed by atoms with Crippen molar-refractivity contribution in [3.63, 3.8) is 0 Å². The van der Waals surface area contributed by atoms with E-state index in [1.807, 2.05) is 77.7 Å². The molecule has 0 spiro atoms. The lowest BCUT2D eigenvalue weighted by Gasteiger charge is -2.24. The third-order valence-electron chi connectivity index (χ3n) is 5.32. The lowest BCUT2D eigenvalue weighted by Crippen LogP contribution is -2.27. The Morgan fingerprint density at radius 2 is 1.45 bits per heavy atom. The number of hydrogen-bond acceptors (Lipinski definition) is 6. The average Bonchev–Trinajstić information content (AvgIpc) is 3.19. The molecule has 1 heterocycles. The molecule has 4 rings (SSSR count). The minimum Gasteiger partial charge on any atom is -0.497 e. The maximum Gasteiger partial charge on any atom is 0.266 e. The van der Waals surface area contributed by atoms with Crippen molar-refractivity contribution in [3.05, 3.63) is 82.8 Å². The Balaban J connectivity index is 1.77. The number of carbonyl (C=O) groups is 1. The van der Waals surface area contributed by atoms with Gasteiger partial charge in [-0.3, -0.25) is 9.69 Å². The smallest absolute Gasteiger partial charge is 0.266 e. The van der Waals surface area contributed by atoms with Crippen LogP contribution in [-0.2, 0) is 4.79 Å². The summed E-state index contributed by atoms with van der Waals surface area (Å²) in [5, 5.41) is -0.194. The summed E-state index contributed by atoms with van der Waals surface area (Å²) in [5.74, 6) is 2.24. The van der Waals surface area contributed by atoms with E-state index in [2.05, 4.69) is 0 Å². The molecule has 1 saturated heterocycles. The predicted octanol–water partition coefficient (Wildman–Crippen LogP) is 5.54. The summed E-state index contributed by atoms with van der Waals surface area (Å²) in [5.41, 5.74) is 2.62. The highest BCUT2D eigenvalue weighted by Crippen LogP contribution is 2.49. The zero-order valence-electron chi connectivity index (χ0n) is 18.9. The van der Waals surface area contributed by atoms with Crippen molar-refractivity contribution >= 4 is 29.4 Å². The molecule has 3 aromatic rings. The van der Waals surface area contributed by atoms with Crippen molar-refractivity contribution < 1.29 is 23.7 Å². The molecule has 0 aliphatic carbocycles. The van der Waals surface area contributed by atoms with Crippen LogP contribution in [0.1, 0.15) is 16.5 Å². The molecule has 0 aromatic heterocycles. The van der Waals surface area contributed by atoms with E-state index in [4.69, 9.17) is 18.9 Å². The van der Waals surface area contributed by atoms with Gasteiger partial charge in [-0.15, -0.1) is 0 Å². The Morgan fingerprint density at radius 1 is 0.818 bits per heavy atom. The van der Waals surface area contributed by atoms with Gasteiger partial charge in [-0.05, 0) is 53.6 Å². The van der Waals surface area contributed by atoms with Crippen molar-refractivity contribution in [2.24, 2.45) is 0 Å². The van der Waals surface area contributed by atoms with E-state index >= 15 is 0 Å². The summed E-state index contributed by atoms with van der Waals surface area (Å²) >= 11 is 1.51. The van der Waals surface area contributed by atoms with Crippen LogP contribution < -0.4 is 23.8 Å². The average molecular weight is 464 g/mol. The molecular formula is C26H25NO5S. The Kier molecular flexibility index (Phi) is 6.79. The van der Waals surface area contributed by atoms with Gasteiger partial charge in [0.15, 0.2) is 11.5 Å². The maximum atomic E-state index is 13.6. The van der Waals surface area contributed by atoms with Gasteiger partial charge in [-0.1, -0.05) is 42.1 Å². The van der Waals surface area contributed by atoms with E-state index < -0.39 is 0 Å². The van der Waals surface area contributed by atoms with Crippen LogP contribution in [0.5, 0.6) is 23.0 Å². The summed E-state index contributed by atoms with van der Waals surface area (Å²) in [6, 6.07) is 21.2. The molecule has 3 aromatic carbocycles. The minimum absolute atomic E-state index is 0.0761. The Hall–Kier alpha value is -3.58. The van der Waals surface area contributed by atoms with Gasteiger partial charge in [0, 0.05) is 5.69 Å². The van der Waals surface area contributed by atoms with Crippen molar-refractivity contribution in [2.45, 2.75) is 5.37 Å². The number of amides is 1. The number of thioether (sulfide) groups is 1. The van der Waals surface area contributed by atoms with Crippen LogP contribution in [0.4, 0.5) is 5.69 Å². The second-order valence-electron chi connectivity index (χ2n) is 7.22. The third-order valence-corrected chi connectivity index (χ3v) is 6.58. The molecule has 1 unspecified atom stereocenters. The summed E-state index contributed by atoms with van der Waals surface area (Å²) in [7, 11) is 6.32. The van der Waals surface area contributed by atoms with Gasteiger partial charge in [0.2, 0.25) is 5.75 Å². The van der Waals surface area contributed by atoms with E-state index in [1.165, 1.54) is 11.8 Å². The second kappa shape index (κ2) is 9.92. The molecule has 0 radical (unpaired) electrons. The Bertz CT molecular complexity index is 1140. The third kappa shape index (κ3) is 4.50. The first-order valence-corrected chi connectivity index (χ1v) is 11.2. The molecule has 0 saturated carbocycles. The van der Waals surface area contributed by atoms with Crippen LogP contribution in [0.3, 0.4) is 0 Å². The molecule has 170 valence electrons. The van der Waals surface area contributed by atoms with Crippen LogP contribution in [0, 0.1) is 0 Å². The minimum atomic E-state index is -0.194. The molecule has 1 aliphatic rings. The molecule has 1 amide bonds. The van der Waals surface area contributed by atoms with Crippen LogP contribution >= 0.6 is 11.8 Å². The molecule has 7 heteroatoms. The molecule has 6 nitrogen and oxygen atoms in total. The van der Waals surface area contributed by atoms with Crippen LogP contribution in [0.25, 0.3) is 6.08 Å². The largest absolute Gasteiger partial charge is 0.497 e. The van der Waals surface area contributed by atoms with Crippen molar-refractivity contribution in [2.75, 3.05) is 33.3 Å². The van der Waals surface area contributed by atoms with Gasteiger partial charge in [-0.2, -0.15) is 0 Å². The number of hydrogen-bond donors (Lipinski definition) is 0. The number of benzene rings is 3. The van der Waals surface area contributed by atoms with Crippen LogP contribution in [0.2, 0.25) is 0 Å². The first kappa shape index (κ1) is 22.6. The number of carbonyl (C=O) groups excluding carboxylic acids is 1. The molecule has 1 aliphatic heterocycles. The fraction of sp³-hybridized carbons (Fsp3) is 0.192. The normalized spacial score (nSPS) is 16.7. The Morgan fingerprint density at radius 3 is 2.00 bits per heavy atom. The summed E-state index contributed by atoms with van der Waals surface area (Å²) in [6.45, 7) is 0.